The number of carboxylic acids is 1. The maximum atomic E-state index is 10.7. The molecule has 15 heavy (non-hydrogen) atoms. The smallest absolute Gasteiger partial charge is 0.343 e. The lowest BCUT2D eigenvalue weighted by atomic mass is 10.1. The molecule has 0 saturated carbocycles. The molecule has 1 aromatic carbocycles. The molecule has 1 aromatic rings. The van der Waals surface area contributed by atoms with Crippen LogP contribution in [0, 0.1) is 0 Å². The van der Waals surface area contributed by atoms with E-state index >= 15 is 0 Å². The summed E-state index contributed by atoms with van der Waals surface area (Å²) in [7, 11) is 1.18. The Labute approximate surface area is 84.3 Å². The first kappa shape index (κ1) is 10.8. The van der Waals surface area contributed by atoms with Crippen molar-refractivity contribution >= 4 is 12.3 Å². The molecule has 6 heteroatoms. The number of benzene rings is 1. The third-order valence-corrected chi connectivity index (χ3v) is 1.83. The van der Waals surface area contributed by atoms with E-state index in [9.17, 15) is 19.8 Å². The summed E-state index contributed by atoms with van der Waals surface area (Å²) in [5.41, 5.74) is -1.04. The van der Waals surface area contributed by atoms with Crippen molar-refractivity contribution in [2.24, 2.45) is 0 Å². The molecule has 0 aliphatic rings. The molecular weight excluding hydrogens is 204 g/mol. The minimum Gasteiger partial charge on any atom is -0.507 e. The van der Waals surface area contributed by atoms with Crippen LogP contribution in [0.25, 0.3) is 0 Å². The van der Waals surface area contributed by atoms with Gasteiger partial charge < -0.3 is 20.1 Å². The third kappa shape index (κ3) is 1.69. The van der Waals surface area contributed by atoms with Crippen LogP contribution in [0.5, 0.6) is 17.2 Å². The molecular formula is C9H8O6. The maximum Gasteiger partial charge on any atom is 0.343 e. The van der Waals surface area contributed by atoms with E-state index in [2.05, 4.69) is 4.74 Å². The van der Waals surface area contributed by atoms with Gasteiger partial charge in [0.15, 0.2) is 6.29 Å². The van der Waals surface area contributed by atoms with Gasteiger partial charge in [0.05, 0.1) is 12.7 Å². The summed E-state index contributed by atoms with van der Waals surface area (Å²) < 4.78 is 4.65. The lowest BCUT2D eigenvalue weighted by Crippen LogP contribution is -2.03. The number of aromatic hydroxyl groups is 2. The summed E-state index contributed by atoms with van der Waals surface area (Å²) in [4.78, 5) is 21.2. The number of ether oxygens (including phenoxy) is 1. The summed E-state index contributed by atoms with van der Waals surface area (Å²) in [5.74, 6) is -3.02. The summed E-state index contributed by atoms with van der Waals surface area (Å²) in [6, 6.07) is 0.951. The number of carbonyl (C=O) groups excluding carboxylic acids is 1. The maximum absolute atomic E-state index is 10.7. The molecule has 0 aromatic heterocycles. The Kier molecular flexibility index (Phi) is 2.80. The van der Waals surface area contributed by atoms with Crippen LogP contribution in [0.3, 0.4) is 0 Å². The molecule has 0 spiro atoms. The monoisotopic (exact) mass is 212 g/mol. The average Bonchev–Trinajstić information content (AvgIpc) is 2.16. The molecule has 0 atom stereocenters. The molecule has 6 nitrogen and oxygen atoms in total. The molecule has 0 radical (unpaired) electrons. The van der Waals surface area contributed by atoms with E-state index < -0.39 is 28.6 Å². The van der Waals surface area contributed by atoms with Crippen molar-refractivity contribution in [3.63, 3.8) is 0 Å². The van der Waals surface area contributed by atoms with Gasteiger partial charge in [0.2, 0.25) is 0 Å². The van der Waals surface area contributed by atoms with Gasteiger partial charge in [-0.15, -0.1) is 0 Å². The van der Waals surface area contributed by atoms with Gasteiger partial charge in [0.25, 0.3) is 0 Å². The van der Waals surface area contributed by atoms with E-state index in [0.29, 0.717) is 0 Å². The van der Waals surface area contributed by atoms with Crippen LogP contribution in [0.4, 0.5) is 0 Å². The van der Waals surface area contributed by atoms with Crippen LogP contribution in [0.15, 0.2) is 6.07 Å². The quantitative estimate of drug-likeness (QED) is 0.634. The van der Waals surface area contributed by atoms with Gasteiger partial charge in [-0.3, -0.25) is 4.79 Å². The van der Waals surface area contributed by atoms with Gasteiger partial charge in [0.1, 0.15) is 22.8 Å². The molecule has 0 amide bonds. The second-order valence-electron chi connectivity index (χ2n) is 2.66. The van der Waals surface area contributed by atoms with Crippen LogP contribution < -0.4 is 4.74 Å². The van der Waals surface area contributed by atoms with Gasteiger partial charge in [-0.1, -0.05) is 0 Å². The Bertz CT molecular complexity index is 423. The number of carboxylic acid groups (broad SMARTS) is 1. The number of hydrogen-bond acceptors (Lipinski definition) is 5. The molecule has 0 aliphatic heterocycles. The SMILES string of the molecule is COc1cc(O)c(C=O)c(O)c1C(=O)O. The number of aromatic carboxylic acids is 1. The van der Waals surface area contributed by atoms with Crippen LogP contribution in [-0.4, -0.2) is 34.7 Å². The Morgan fingerprint density at radius 3 is 2.47 bits per heavy atom. The van der Waals surface area contributed by atoms with Crippen molar-refractivity contribution in [1.29, 1.82) is 0 Å². The van der Waals surface area contributed by atoms with E-state index in [1.807, 2.05) is 0 Å². The summed E-state index contributed by atoms with van der Waals surface area (Å²) in [6.07, 6.45) is 0.163. The number of hydrogen-bond donors (Lipinski definition) is 3. The minimum atomic E-state index is -1.45. The number of methoxy groups -OCH3 is 1. The number of carbonyl (C=O) groups is 2. The average molecular weight is 212 g/mol. The first-order valence-corrected chi connectivity index (χ1v) is 3.84. The fraction of sp³-hybridized carbons (Fsp3) is 0.111. The van der Waals surface area contributed by atoms with Crippen molar-refractivity contribution < 1.29 is 29.6 Å². The Hall–Kier alpha value is -2.24. The molecule has 0 saturated heterocycles. The molecule has 1 rings (SSSR count). The van der Waals surface area contributed by atoms with Crippen LogP contribution in [0.1, 0.15) is 20.7 Å². The van der Waals surface area contributed by atoms with Crippen LogP contribution in [-0.2, 0) is 0 Å². The number of phenols is 2. The highest BCUT2D eigenvalue weighted by Gasteiger charge is 2.22. The van der Waals surface area contributed by atoms with Gasteiger partial charge in [-0.25, -0.2) is 4.79 Å². The van der Waals surface area contributed by atoms with Crippen molar-refractivity contribution in [3.8, 4) is 17.2 Å². The highest BCUT2D eigenvalue weighted by atomic mass is 16.5. The fourth-order valence-corrected chi connectivity index (χ4v) is 1.13. The van der Waals surface area contributed by atoms with Crippen molar-refractivity contribution in [2.45, 2.75) is 0 Å². The summed E-state index contributed by atoms with van der Waals surface area (Å²) >= 11 is 0. The molecule has 0 bridgehead atoms. The van der Waals surface area contributed by atoms with E-state index in [-0.39, 0.29) is 12.0 Å². The molecule has 0 unspecified atom stereocenters. The number of aldehydes is 1. The zero-order chi connectivity index (χ0) is 11.6. The van der Waals surface area contributed by atoms with Crippen LogP contribution >= 0.6 is 0 Å². The topological polar surface area (TPSA) is 104 Å². The van der Waals surface area contributed by atoms with Crippen molar-refractivity contribution in [2.75, 3.05) is 7.11 Å². The van der Waals surface area contributed by atoms with E-state index in [4.69, 9.17) is 5.11 Å². The number of rotatable bonds is 3. The van der Waals surface area contributed by atoms with E-state index in [0.717, 1.165) is 6.07 Å². The minimum absolute atomic E-state index is 0.163. The molecule has 0 fully saturated rings. The fourth-order valence-electron chi connectivity index (χ4n) is 1.13. The van der Waals surface area contributed by atoms with Gasteiger partial charge in [0, 0.05) is 6.07 Å². The van der Waals surface area contributed by atoms with Gasteiger partial charge in [-0.2, -0.15) is 0 Å². The Morgan fingerprint density at radius 1 is 1.47 bits per heavy atom. The predicted octanol–water partition coefficient (Wildman–Crippen LogP) is 0.617. The second kappa shape index (κ2) is 3.87. The molecule has 0 aliphatic carbocycles. The standard InChI is InChI=1S/C9H8O6/c1-15-6-2-5(11)4(3-10)8(12)7(6)9(13)14/h2-3,11-12H,1H3,(H,13,14). The highest BCUT2D eigenvalue weighted by molar-refractivity contribution is 5.99. The third-order valence-electron chi connectivity index (χ3n) is 1.83. The second-order valence-corrected chi connectivity index (χ2v) is 2.66. The lowest BCUT2D eigenvalue weighted by molar-refractivity contribution is 0.0690. The summed E-state index contributed by atoms with van der Waals surface area (Å²) in [5, 5.41) is 27.4. The first-order valence-electron chi connectivity index (χ1n) is 3.84. The van der Waals surface area contributed by atoms with Gasteiger partial charge >= 0.3 is 5.97 Å². The van der Waals surface area contributed by atoms with E-state index in [1.165, 1.54) is 7.11 Å². The highest BCUT2D eigenvalue weighted by Crippen LogP contribution is 2.36. The predicted molar refractivity (Wildman–Crippen MR) is 48.7 cm³/mol. The summed E-state index contributed by atoms with van der Waals surface area (Å²) in [6.45, 7) is 0. The molecule has 80 valence electrons. The normalized spacial score (nSPS) is 9.67. The first-order chi connectivity index (χ1) is 7.02. The molecule has 3 N–H and O–H groups in total. The zero-order valence-electron chi connectivity index (χ0n) is 7.72. The largest absolute Gasteiger partial charge is 0.507 e. The zero-order valence-corrected chi connectivity index (χ0v) is 7.72. The lowest BCUT2D eigenvalue weighted by Gasteiger charge is -2.09. The number of phenolic OH excluding ortho intramolecular Hbond substituents is 1. The van der Waals surface area contributed by atoms with Crippen molar-refractivity contribution in [1.82, 2.24) is 0 Å². The van der Waals surface area contributed by atoms with Gasteiger partial charge in [-0.05, 0) is 0 Å². The Morgan fingerprint density at radius 2 is 2.07 bits per heavy atom. The Balaban J connectivity index is 3.60. The van der Waals surface area contributed by atoms with Crippen molar-refractivity contribution in [3.05, 3.63) is 17.2 Å². The van der Waals surface area contributed by atoms with Crippen LogP contribution in [0.2, 0.25) is 0 Å². The molecule has 0 heterocycles. The van der Waals surface area contributed by atoms with E-state index in [1.54, 1.807) is 0 Å².